The van der Waals surface area contributed by atoms with Crippen LogP contribution >= 0.6 is 0 Å². The number of ether oxygens (including phenoxy) is 1. The molecule has 9 heteroatoms. The highest BCUT2D eigenvalue weighted by atomic mass is 32.2. The number of aromatic nitrogens is 2. The lowest BCUT2D eigenvalue weighted by Crippen LogP contribution is -2.31. The summed E-state index contributed by atoms with van der Waals surface area (Å²) in [6, 6.07) is 2.86. The van der Waals surface area contributed by atoms with Gasteiger partial charge in [0.2, 0.25) is 15.9 Å². The molecule has 2 heterocycles. The van der Waals surface area contributed by atoms with Crippen LogP contribution < -0.4 is 4.74 Å². The molecule has 1 aromatic carbocycles. The van der Waals surface area contributed by atoms with Crippen molar-refractivity contribution >= 4 is 10.0 Å². The number of hydrogen-bond acceptors (Lipinski definition) is 6. The molecule has 1 aliphatic rings. The largest absolute Gasteiger partial charge is 0.495 e. The van der Waals surface area contributed by atoms with Gasteiger partial charge in [-0.05, 0) is 38.0 Å². The summed E-state index contributed by atoms with van der Waals surface area (Å²) < 4.78 is 50.9. The third kappa shape index (κ3) is 2.81. The Labute approximate surface area is 133 Å². The number of sulfonamides is 1. The molecular weight excluding hydrogens is 325 g/mol. The van der Waals surface area contributed by atoms with E-state index >= 15 is 0 Å². The third-order valence-corrected chi connectivity index (χ3v) is 5.67. The molecule has 1 atom stereocenters. The number of benzene rings is 1. The molecule has 3 rings (SSSR count). The van der Waals surface area contributed by atoms with Gasteiger partial charge < -0.3 is 9.26 Å². The first-order valence-corrected chi connectivity index (χ1v) is 8.53. The molecular formula is C14H16FN3O4S. The van der Waals surface area contributed by atoms with E-state index in [1.165, 1.54) is 17.5 Å². The fraction of sp³-hybridized carbons (Fsp3) is 0.429. The zero-order chi connectivity index (χ0) is 16.6. The number of methoxy groups -OCH3 is 1. The maximum Gasteiger partial charge on any atom is 0.247 e. The number of halogens is 1. The van der Waals surface area contributed by atoms with E-state index in [1.807, 2.05) is 0 Å². The van der Waals surface area contributed by atoms with Gasteiger partial charge in [-0.2, -0.15) is 9.29 Å². The van der Waals surface area contributed by atoms with Crippen LogP contribution in [0.1, 0.15) is 30.6 Å². The predicted octanol–water partition coefficient (Wildman–Crippen LogP) is 2.05. The van der Waals surface area contributed by atoms with Crippen LogP contribution in [0.25, 0.3) is 0 Å². The van der Waals surface area contributed by atoms with E-state index in [1.54, 1.807) is 6.92 Å². The van der Waals surface area contributed by atoms with Crippen LogP contribution in [0.4, 0.5) is 4.39 Å². The normalized spacial score (nSPS) is 19.2. The molecule has 1 aliphatic heterocycles. The fourth-order valence-corrected chi connectivity index (χ4v) is 4.52. The lowest BCUT2D eigenvalue weighted by molar-refractivity contribution is 0.288. The average Bonchev–Trinajstić information content (AvgIpc) is 3.15. The summed E-state index contributed by atoms with van der Waals surface area (Å²) >= 11 is 0. The van der Waals surface area contributed by atoms with Gasteiger partial charge in [0.1, 0.15) is 22.5 Å². The molecule has 7 nitrogen and oxygen atoms in total. The molecule has 2 aromatic rings. The maximum atomic E-state index is 13.5. The zero-order valence-electron chi connectivity index (χ0n) is 12.7. The maximum absolute atomic E-state index is 13.5. The highest BCUT2D eigenvalue weighted by Crippen LogP contribution is 2.38. The quantitative estimate of drug-likeness (QED) is 0.846. The van der Waals surface area contributed by atoms with Crippen LogP contribution in [0.5, 0.6) is 5.75 Å². The van der Waals surface area contributed by atoms with E-state index in [0.717, 1.165) is 12.1 Å². The Morgan fingerprint density at radius 2 is 2.22 bits per heavy atom. The first-order chi connectivity index (χ1) is 10.9. The van der Waals surface area contributed by atoms with Crippen LogP contribution in [-0.2, 0) is 10.0 Å². The standard InChI is InChI=1S/C14H16FN3O4S/c1-9-16-14(22-17-9)11-4-3-7-18(11)23(19,20)13-8-10(15)5-6-12(13)21-2/h5-6,8,11H,3-4,7H2,1-2H3. The molecule has 1 fully saturated rings. The molecule has 23 heavy (non-hydrogen) atoms. The minimum Gasteiger partial charge on any atom is -0.495 e. The monoisotopic (exact) mass is 341 g/mol. The van der Waals surface area contributed by atoms with E-state index in [-0.39, 0.29) is 16.5 Å². The molecule has 0 N–H and O–H groups in total. The van der Waals surface area contributed by atoms with E-state index in [0.29, 0.717) is 25.2 Å². The highest BCUT2D eigenvalue weighted by Gasteiger charge is 2.40. The van der Waals surface area contributed by atoms with Crippen LogP contribution in [0, 0.1) is 12.7 Å². The average molecular weight is 341 g/mol. The summed E-state index contributed by atoms with van der Waals surface area (Å²) in [5.41, 5.74) is 0. The Kier molecular flexibility index (Phi) is 4.07. The molecule has 0 amide bonds. The van der Waals surface area contributed by atoms with Crippen molar-refractivity contribution in [3.8, 4) is 5.75 Å². The topological polar surface area (TPSA) is 85.5 Å². The van der Waals surface area contributed by atoms with Gasteiger partial charge in [-0.3, -0.25) is 0 Å². The summed E-state index contributed by atoms with van der Waals surface area (Å²) in [6.07, 6.45) is 1.22. The first kappa shape index (κ1) is 15.9. The van der Waals surface area contributed by atoms with Crippen molar-refractivity contribution in [1.29, 1.82) is 0 Å². The summed E-state index contributed by atoms with van der Waals surface area (Å²) in [7, 11) is -2.61. The number of nitrogens with zero attached hydrogens (tertiary/aromatic N) is 3. The van der Waals surface area contributed by atoms with E-state index in [9.17, 15) is 12.8 Å². The van der Waals surface area contributed by atoms with Gasteiger partial charge in [-0.25, -0.2) is 12.8 Å². The number of rotatable bonds is 4. The van der Waals surface area contributed by atoms with Gasteiger partial charge in [0, 0.05) is 6.54 Å². The van der Waals surface area contributed by atoms with Crippen LogP contribution in [0.2, 0.25) is 0 Å². The second-order valence-electron chi connectivity index (χ2n) is 5.25. The molecule has 1 unspecified atom stereocenters. The molecule has 124 valence electrons. The van der Waals surface area contributed by atoms with Crippen molar-refractivity contribution in [2.24, 2.45) is 0 Å². The Balaban J connectivity index is 2.03. The summed E-state index contributed by atoms with van der Waals surface area (Å²) in [4.78, 5) is 3.92. The summed E-state index contributed by atoms with van der Waals surface area (Å²) in [5.74, 6) is 0.138. The summed E-state index contributed by atoms with van der Waals surface area (Å²) in [5, 5.41) is 3.71. The summed E-state index contributed by atoms with van der Waals surface area (Å²) in [6.45, 7) is 1.96. The van der Waals surface area contributed by atoms with Crippen LogP contribution in [-0.4, -0.2) is 36.5 Å². The molecule has 1 saturated heterocycles. The second kappa shape index (κ2) is 5.89. The third-order valence-electron chi connectivity index (χ3n) is 3.74. The lowest BCUT2D eigenvalue weighted by atomic mass is 10.2. The molecule has 0 aliphatic carbocycles. The molecule has 0 spiro atoms. The van der Waals surface area contributed by atoms with E-state index in [4.69, 9.17) is 9.26 Å². The Hall–Kier alpha value is -2.00. The van der Waals surface area contributed by atoms with Gasteiger partial charge in [0.15, 0.2) is 5.82 Å². The molecule has 0 bridgehead atoms. The highest BCUT2D eigenvalue weighted by molar-refractivity contribution is 7.89. The Morgan fingerprint density at radius 1 is 1.43 bits per heavy atom. The van der Waals surface area contributed by atoms with Crippen molar-refractivity contribution in [2.75, 3.05) is 13.7 Å². The first-order valence-electron chi connectivity index (χ1n) is 7.09. The van der Waals surface area contributed by atoms with Crippen molar-refractivity contribution in [1.82, 2.24) is 14.4 Å². The minimum atomic E-state index is -3.95. The SMILES string of the molecule is COc1ccc(F)cc1S(=O)(=O)N1CCCC1c1nc(C)no1. The second-order valence-corrected chi connectivity index (χ2v) is 7.11. The van der Waals surface area contributed by atoms with Gasteiger partial charge in [0.25, 0.3) is 0 Å². The van der Waals surface area contributed by atoms with Crippen molar-refractivity contribution in [2.45, 2.75) is 30.7 Å². The molecule has 0 radical (unpaired) electrons. The van der Waals surface area contributed by atoms with E-state index in [2.05, 4.69) is 10.1 Å². The van der Waals surface area contributed by atoms with Gasteiger partial charge in [-0.15, -0.1) is 0 Å². The lowest BCUT2D eigenvalue weighted by Gasteiger charge is -2.22. The number of aryl methyl sites for hydroxylation is 1. The van der Waals surface area contributed by atoms with Gasteiger partial charge in [-0.1, -0.05) is 5.16 Å². The van der Waals surface area contributed by atoms with Crippen molar-refractivity contribution in [3.63, 3.8) is 0 Å². The van der Waals surface area contributed by atoms with E-state index < -0.39 is 21.9 Å². The van der Waals surface area contributed by atoms with Gasteiger partial charge >= 0.3 is 0 Å². The fourth-order valence-electron chi connectivity index (χ4n) is 2.70. The zero-order valence-corrected chi connectivity index (χ0v) is 13.5. The number of hydrogen-bond donors (Lipinski definition) is 0. The molecule has 1 aromatic heterocycles. The predicted molar refractivity (Wildman–Crippen MR) is 77.9 cm³/mol. The Morgan fingerprint density at radius 3 is 2.87 bits per heavy atom. The van der Waals surface area contributed by atoms with Gasteiger partial charge in [0.05, 0.1) is 7.11 Å². The van der Waals surface area contributed by atoms with Crippen molar-refractivity contribution in [3.05, 3.63) is 35.7 Å². The minimum absolute atomic E-state index is 0.0961. The smallest absolute Gasteiger partial charge is 0.247 e. The van der Waals surface area contributed by atoms with Crippen LogP contribution in [0.3, 0.4) is 0 Å². The molecule has 0 saturated carbocycles. The van der Waals surface area contributed by atoms with Crippen molar-refractivity contribution < 1.29 is 22.1 Å². The Bertz CT molecular complexity index is 821. The van der Waals surface area contributed by atoms with Crippen LogP contribution in [0.15, 0.2) is 27.6 Å².